The van der Waals surface area contributed by atoms with Crippen LogP contribution < -0.4 is 5.32 Å². The molecule has 3 atom stereocenters. The van der Waals surface area contributed by atoms with Gasteiger partial charge in [-0.05, 0) is 19.3 Å². The van der Waals surface area contributed by atoms with Gasteiger partial charge in [0.25, 0.3) is 5.91 Å². The average Bonchev–Trinajstić information content (AvgIpc) is 2.40. The first kappa shape index (κ1) is 13.3. The first-order valence-corrected chi connectivity index (χ1v) is 6.39. The molecule has 1 heterocycles. The van der Waals surface area contributed by atoms with Gasteiger partial charge < -0.3 is 19.9 Å². The fourth-order valence-electron chi connectivity index (χ4n) is 2.48. The number of hydrogen-bond donors (Lipinski definition) is 2. The van der Waals surface area contributed by atoms with E-state index in [4.69, 9.17) is 14.6 Å². The molecule has 1 saturated heterocycles. The fraction of sp³-hybridized carbons (Fsp3) is 0.833. The number of rotatable bonds is 3. The SMILES string of the molecule is O=C(O)C1CCCC(NC(=O)C2COCCO2)C1. The Balaban J connectivity index is 1.81. The molecule has 1 amide bonds. The van der Waals surface area contributed by atoms with Gasteiger partial charge in [0.2, 0.25) is 0 Å². The summed E-state index contributed by atoms with van der Waals surface area (Å²) in [5.41, 5.74) is 0. The predicted octanol–water partition coefficient (Wildman–Crippen LogP) is 0.161. The first-order chi connectivity index (χ1) is 8.66. The van der Waals surface area contributed by atoms with Crippen molar-refractivity contribution in [2.45, 2.75) is 37.8 Å². The minimum absolute atomic E-state index is 0.0575. The van der Waals surface area contributed by atoms with E-state index in [1.165, 1.54) is 0 Å². The van der Waals surface area contributed by atoms with Gasteiger partial charge in [-0.1, -0.05) is 6.42 Å². The third-order valence-electron chi connectivity index (χ3n) is 3.48. The minimum Gasteiger partial charge on any atom is -0.481 e. The maximum Gasteiger partial charge on any atom is 0.306 e. The van der Waals surface area contributed by atoms with Gasteiger partial charge in [0.1, 0.15) is 0 Å². The molecule has 18 heavy (non-hydrogen) atoms. The second-order valence-corrected chi connectivity index (χ2v) is 4.84. The molecule has 102 valence electrons. The van der Waals surface area contributed by atoms with Crippen molar-refractivity contribution < 1.29 is 24.2 Å². The molecular weight excluding hydrogens is 238 g/mol. The lowest BCUT2D eigenvalue weighted by molar-refractivity contribution is -0.149. The molecule has 0 spiro atoms. The molecule has 2 fully saturated rings. The van der Waals surface area contributed by atoms with Crippen LogP contribution in [0.15, 0.2) is 0 Å². The molecule has 1 aliphatic heterocycles. The standard InChI is InChI=1S/C12H19NO5/c14-11(10-7-17-4-5-18-10)13-9-3-1-2-8(6-9)12(15)16/h8-10H,1-7H2,(H,13,14)(H,15,16). The maximum atomic E-state index is 11.9. The van der Waals surface area contributed by atoms with Crippen molar-refractivity contribution in [1.29, 1.82) is 0 Å². The molecule has 0 bridgehead atoms. The van der Waals surface area contributed by atoms with Gasteiger partial charge in [0, 0.05) is 6.04 Å². The molecular formula is C12H19NO5. The topological polar surface area (TPSA) is 84.9 Å². The number of aliphatic carboxylic acids is 1. The summed E-state index contributed by atoms with van der Waals surface area (Å²) in [6.07, 6.45) is 2.33. The zero-order valence-corrected chi connectivity index (χ0v) is 10.3. The third-order valence-corrected chi connectivity index (χ3v) is 3.48. The number of carboxylic acid groups (broad SMARTS) is 1. The molecule has 2 N–H and O–H groups in total. The molecule has 6 heteroatoms. The lowest BCUT2D eigenvalue weighted by Gasteiger charge is -2.29. The van der Waals surface area contributed by atoms with Crippen molar-refractivity contribution in [3.8, 4) is 0 Å². The van der Waals surface area contributed by atoms with E-state index in [0.717, 1.165) is 12.8 Å². The number of nitrogens with one attached hydrogen (secondary N) is 1. The summed E-state index contributed by atoms with van der Waals surface area (Å²) >= 11 is 0. The van der Waals surface area contributed by atoms with Crippen molar-refractivity contribution in [1.82, 2.24) is 5.32 Å². The molecule has 6 nitrogen and oxygen atoms in total. The van der Waals surface area contributed by atoms with Gasteiger partial charge in [-0.2, -0.15) is 0 Å². The fourth-order valence-corrected chi connectivity index (χ4v) is 2.48. The van der Waals surface area contributed by atoms with Crippen LogP contribution in [0.2, 0.25) is 0 Å². The van der Waals surface area contributed by atoms with Gasteiger partial charge in [-0.15, -0.1) is 0 Å². The van der Waals surface area contributed by atoms with Crippen LogP contribution in [-0.4, -0.2) is 48.9 Å². The Kier molecular flexibility index (Phi) is 4.54. The van der Waals surface area contributed by atoms with E-state index >= 15 is 0 Å². The van der Waals surface area contributed by atoms with E-state index in [1.807, 2.05) is 0 Å². The Morgan fingerprint density at radius 1 is 1.22 bits per heavy atom. The van der Waals surface area contributed by atoms with Gasteiger partial charge >= 0.3 is 5.97 Å². The van der Waals surface area contributed by atoms with E-state index < -0.39 is 12.1 Å². The van der Waals surface area contributed by atoms with Crippen LogP contribution >= 0.6 is 0 Å². The smallest absolute Gasteiger partial charge is 0.306 e. The van der Waals surface area contributed by atoms with Crippen LogP contribution in [-0.2, 0) is 19.1 Å². The average molecular weight is 257 g/mol. The first-order valence-electron chi connectivity index (χ1n) is 6.39. The predicted molar refractivity (Wildman–Crippen MR) is 62.1 cm³/mol. The molecule has 0 aromatic rings. The second kappa shape index (κ2) is 6.15. The Labute approximate surface area is 106 Å². The van der Waals surface area contributed by atoms with Gasteiger partial charge in [-0.25, -0.2) is 0 Å². The summed E-state index contributed by atoms with van der Waals surface area (Å²) in [6, 6.07) is -0.0575. The molecule has 0 aromatic heterocycles. The van der Waals surface area contributed by atoms with Crippen LogP contribution in [0.1, 0.15) is 25.7 Å². The van der Waals surface area contributed by atoms with E-state index in [1.54, 1.807) is 0 Å². The molecule has 2 rings (SSSR count). The molecule has 1 saturated carbocycles. The monoisotopic (exact) mass is 257 g/mol. The normalized spacial score (nSPS) is 32.8. The summed E-state index contributed by atoms with van der Waals surface area (Å²) in [7, 11) is 0. The number of carbonyl (C=O) groups excluding carboxylic acids is 1. The van der Waals surface area contributed by atoms with Gasteiger partial charge in [0.15, 0.2) is 6.10 Å². The number of hydrogen-bond acceptors (Lipinski definition) is 4. The van der Waals surface area contributed by atoms with Crippen LogP contribution in [0.25, 0.3) is 0 Å². The lowest BCUT2D eigenvalue weighted by atomic mass is 9.85. The van der Waals surface area contributed by atoms with Crippen LogP contribution in [0, 0.1) is 5.92 Å². The second-order valence-electron chi connectivity index (χ2n) is 4.84. The van der Waals surface area contributed by atoms with Crippen LogP contribution in [0.3, 0.4) is 0 Å². The van der Waals surface area contributed by atoms with E-state index in [9.17, 15) is 9.59 Å². The van der Waals surface area contributed by atoms with Gasteiger partial charge in [0.05, 0.1) is 25.7 Å². The molecule has 3 unspecified atom stereocenters. The van der Waals surface area contributed by atoms with Crippen molar-refractivity contribution in [3.63, 3.8) is 0 Å². The zero-order valence-electron chi connectivity index (χ0n) is 10.3. The largest absolute Gasteiger partial charge is 0.481 e. The highest BCUT2D eigenvalue weighted by Gasteiger charge is 2.30. The van der Waals surface area contributed by atoms with E-state index in [-0.39, 0.29) is 24.5 Å². The third kappa shape index (κ3) is 3.43. The van der Waals surface area contributed by atoms with E-state index in [0.29, 0.717) is 26.1 Å². The number of amides is 1. The summed E-state index contributed by atoms with van der Waals surface area (Å²) in [5, 5.41) is 11.8. The summed E-state index contributed by atoms with van der Waals surface area (Å²) in [4.78, 5) is 22.8. The Bertz CT molecular complexity index is 314. The molecule has 1 aliphatic carbocycles. The Hall–Kier alpha value is -1.14. The Morgan fingerprint density at radius 2 is 2.06 bits per heavy atom. The lowest BCUT2D eigenvalue weighted by Crippen LogP contribution is -2.48. The molecule has 0 aromatic carbocycles. The van der Waals surface area contributed by atoms with Crippen LogP contribution in [0.5, 0.6) is 0 Å². The summed E-state index contributed by atoms with van der Waals surface area (Å²) in [5.74, 6) is -1.30. The minimum atomic E-state index is -0.772. The number of ether oxygens (including phenoxy) is 2. The van der Waals surface area contributed by atoms with Crippen LogP contribution in [0.4, 0.5) is 0 Å². The van der Waals surface area contributed by atoms with Crippen molar-refractivity contribution in [2.24, 2.45) is 5.92 Å². The van der Waals surface area contributed by atoms with Crippen molar-refractivity contribution in [2.75, 3.05) is 19.8 Å². The van der Waals surface area contributed by atoms with Crippen molar-refractivity contribution in [3.05, 3.63) is 0 Å². The highest BCUT2D eigenvalue weighted by molar-refractivity contribution is 5.81. The highest BCUT2D eigenvalue weighted by Crippen LogP contribution is 2.24. The highest BCUT2D eigenvalue weighted by atomic mass is 16.6. The number of carbonyl (C=O) groups is 2. The maximum absolute atomic E-state index is 11.9. The molecule has 2 aliphatic rings. The van der Waals surface area contributed by atoms with E-state index in [2.05, 4.69) is 5.32 Å². The number of carboxylic acids is 1. The van der Waals surface area contributed by atoms with Gasteiger partial charge in [-0.3, -0.25) is 9.59 Å². The summed E-state index contributed by atoms with van der Waals surface area (Å²) < 4.78 is 10.5. The molecule has 0 radical (unpaired) electrons. The summed E-state index contributed by atoms with van der Waals surface area (Å²) in [6.45, 7) is 1.23. The van der Waals surface area contributed by atoms with Crippen molar-refractivity contribution >= 4 is 11.9 Å². The zero-order chi connectivity index (χ0) is 13.0. The quantitative estimate of drug-likeness (QED) is 0.752. The Morgan fingerprint density at radius 3 is 2.72 bits per heavy atom.